The van der Waals surface area contributed by atoms with Crippen molar-refractivity contribution in [1.29, 1.82) is 0 Å². The molecule has 104 valence electrons. The monoisotopic (exact) mass is 277 g/mol. The molecule has 0 fully saturated rings. The van der Waals surface area contributed by atoms with Gasteiger partial charge in [0.2, 0.25) is 0 Å². The maximum atomic E-state index is 12.8. The molecular weight excluding hydrogens is 267 g/mol. The molecule has 0 radical (unpaired) electrons. The van der Waals surface area contributed by atoms with Crippen molar-refractivity contribution in [1.82, 2.24) is 0 Å². The van der Waals surface area contributed by atoms with E-state index in [1.807, 2.05) is 0 Å². The van der Waals surface area contributed by atoms with Crippen molar-refractivity contribution >= 4 is 11.7 Å². The lowest BCUT2D eigenvalue weighted by Gasteiger charge is -2.18. The lowest BCUT2D eigenvalue weighted by atomic mass is 9.98. The van der Waals surface area contributed by atoms with Crippen LogP contribution in [0.15, 0.2) is 24.3 Å². The van der Waals surface area contributed by atoms with Crippen LogP contribution in [0.5, 0.6) is 0 Å². The number of nitro groups is 1. The van der Waals surface area contributed by atoms with E-state index in [2.05, 4.69) is 4.74 Å². The molecule has 0 bridgehead atoms. The molecule has 1 aromatic rings. The van der Waals surface area contributed by atoms with Crippen LogP contribution in [0.3, 0.4) is 0 Å². The van der Waals surface area contributed by atoms with Crippen molar-refractivity contribution in [3.05, 3.63) is 39.9 Å². The van der Waals surface area contributed by atoms with Gasteiger partial charge in [0.05, 0.1) is 11.5 Å². The smallest absolute Gasteiger partial charge is 0.406 e. The van der Waals surface area contributed by atoms with Gasteiger partial charge in [-0.2, -0.15) is 13.2 Å². The highest BCUT2D eigenvalue weighted by Crippen LogP contribution is 2.36. The van der Waals surface area contributed by atoms with Crippen LogP contribution in [0.1, 0.15) is 18.4 Å². The first kappa shape index (κ1) is 14.9. The Morgan fingerprint density at radius 1 is 1.37 bits per heavy atom. The Labute approximate surface area is 106 Å². The van der Waals surface area contributed by atoms with E-state index in [0.29, 0.717) is 0 Å². The summed E-state index contributed by atoms with van der Waals surface area (Å²) in [6.07, 6.45) is -4.82. The molecule has 0 spiro atoms. The quantitative estimate of drug-likeness (QED) is 0.482. The molecule has 19 heavy (non-hydrogen) atoms. The van der Waals surface area contributed by atoms with Crippen LogP contribution in [0.25, 0.3) is 0 Å². The summed E-state index contributed by atoms with van der Waals surface area (Å²) in [6.45, 7) is 1.21. The van der Waals surface area contributed by atoms with Crippen molar-refractivity contribution in [3.63, 3.8) is 0 Å². The summed E-state index contributed by atoms with van der Waals surface area (Å²) < 4.78 is 42.8. The van der Waals surface area contributed by atoms with E-state index in [1.54, 1.807) is 0 Å². The number of nitrogens with zero attached hydrogens (tertiary/aromatic N) is 1. The number of rotatable bonds is 4. The van der Waals surface area contributed by atoms with E-state index in [4.69, 9.17) is 0 Å². The average molecular weight is 277 g/mol. The van der Waals surface area contributed by atoms with E-state index >= 15 is 0 Å². The lowest BCUT2D eigenvalue weighted by molar-refractivity contribution is -0.384. The number of esters is 1. The maximum Gasteiger partial charge on any atom is 0.406 e. The maximum absolute atomic E-state index is 12.8. The first-order chi connectivity index (χ1) is 8.77. The van der Waals surface area contributed by atoms with E-state index < -0.39 is 28.6 Å². The minimum atomic E-state index is -4.82. The van der Waals surface area contributed by atoms with Crippen LogP contribution in [0.4, 0.5) is 18.9 Å². The Morgan fingerprint density at radius 3 is 2.26 bits per heavy atom. The Kier molecular flexibility index (Phi) is 4.47. The fourth-order valence-electron chi connectivity index (χ4n) is 1.47. The highest BCUT2D eigenvalue weighted by atomic mass is 19.4. The van der Waals surface area contributed by atoms with Crippen LogP contribution >= 0.6 is 0 Å². The summed E-state index contributed by atoms with van der Waals surface area (Å²) in [7, 11) is 0. The zero-order valence-electron chi connectivity index (χ0n) is 9.81. The van der Waals surface area contributed by atoms with Crippen molar-refractivity contribution in [2.45, 2.75) is 19.0 Å². The van der Waals surface area contributed by atoms with Crippen molar-refractivity contribution in [3.8, 4) is 0 Å². The SMILES string of the molecule is CCOC(=O)[C@@H](c1ccc([N+](=O)[O-])cc1)C(F)(F)F. The summed E-state index contributed by atoms with van der Waals surface area (Å²) in [5.74, 6) is -3.86. The second-order valence-corrected chi connectivity index (χ2v) is 3.58. The summed E-state index contributed by atoms with van der Waals surface area (Å²) in [4.78, 5) is 21.0. The molecule has 0 amide bonds. The fraction of sp³-hybridized carbons (Fsp3) is 0.364. The van der Waals surface area contributed by atoms with Gasteiger partial charge in [0.1, 0.15) is 0 Å². The van der Waals surface area contributed by atoms with Crippen LogP contribution in [-0.4, -0.2) is 23.7 Å². The molecule has 0 aliphatic rings. The van der Waals surface area contributed by atoms with Gasteiger partial charge in [-0.15, -0.1) is 0 Å². The third kappa shape index (κ3) is 3.67. The molecule has 8 heteroatoms. The number of benzene rings is 1. The van der Waals surface area contributed by atoms with E-state index in [-0.39, 0.29) is 12.3 Å². The summed E-state index contributed by atoms with van der Waals surface area (Å²) in [6, 6.07) is 3.61. The van der Waals surface area contributed by atoms with Crippen molar-refractivity contribution in [2.24, 2.45) is 0 Å². The normalized spacial score (nSPS) is 12.8. The van der Waals surface area contributed by atoms with Gasteiger partial charge in [-0.1, -0.05) is 12.1 Å². The van der Waals surface area contributed by atoms with Crippen molar-refractivity contribution in [2.75, 3.05) is 6.61 Å². The van der Waals surface area contributed by atoms with Gasteiger partial charge < -0.3 is 4.74 Å². The first-order valence-corrected chi connectivity index (χ1v) is 5.25. The topological polar surface area (TPSA) is 69.4 Å². The molecule has 0 unspecified atom stereocenters. The molecule has 0 aromatic heterocycles. The highest BCUT2D eigenvalue weighted by Gasteiger charge is 2.47. The van der Waals surface area contributed by atoms with Gasteiger partial charge in [0, 0.05) is 12.1 Å². The molecule has 0 aliphatic carbocycles. The predicted octanol–water partition coefficient (Wildman–Crippen LogP) is 2.80. The van der Waals surface area contributed by atoms with Gasteiger partial charge >= 0.3 is 12.1 Å². The molecule has 1 rings (SSSR count). The number of ether oxygens (including phenoxy) is 1. The molecule has 0 saturated carbocycles. The van der Waals surface area contributed by atoms with Gasteiger partial charge in [-0.3, -0.25) is 14.9 Å². The second kappa shape index (κ2) is 5.68. The third-order valence-electron chi connectivity index (χ3n) is 2.29. The number of non-ortho nitro benzene ring substituents is 1. The number of hydrogen-bond donors (Lipinski definition) is 0. The highest BCUT2D eigenvalue weighted by molar-refractivity contribution is 5.79. The van der Waals surface area contributed by atoms with Gasteiger partial charge in [-0.25, -0.2) is 0 Å². The number of alkyl halides is 3. The molecule has 0 saturated heterocycles. The predicted molar refractivity (Wildman–Crippen MR) is 58.5 cm³/mol. The minimum Gasteiger partial charge on any atom is -0.465 e. The Hall–Kier alpha value is -2.12. The largest absolute Gasteiger partial charge is 0.465 e. The van der Waals surface area contributed by atoms with Gasteiger partial charge in [0.15, 0.2) is 5.92 Å². The standard InChI is InChI=1S/C11H10F3NO4/c1-2-19-10(16)9(11(12,13)14)7-3-5-8(6-4-7)15(17)18/h3-6,9H,2H2,1H3/t9-/m1/s1. The molecule has 0 aliphatic heterocycles. The Morgan fingerprint density at radius 2 is 1.89 bits per heavy atom. The van der Waals surface area contributed by atoms with Gasteiger partial charge in [0.25, 0.3) is 5.69 Å². The molecule has 0 N–H and O–H groups in total. The zero-order chi connectivity index (χ0) is 14.6. The number of carbonyl (C=O) groups excluding carboxylic acids is 1. The van der Waals surface area contributed by atoms with Crippen molar-refractivity contribution < 1.29 is 27.6 Å². The minimum absolute atomic E-state index is 0.182. The number of nitro benzene ring substituents is 1. The van der Waals surface area contributed by atoms with E-state index in [9.17, 15) is 28.1 Å². The van der Waals surface area contributed by atoms with E-state index in [1.165, 1.54) is 6.92 Å². The summed E-state index contributed by atoms with van der Waals surface area (Å²) in [5.41, 5.74) is -0.745. The molecule has 5 nitrogen and oxygen atoms in total. The van der Waals surface area contributed by atoms with Crippen LogP contribution in [-0.2, 0) is 9.53 Å². The molecule has 1 aromatic carbocycles. The third-order valence-corrected chi connectivity index (χ3v) is 2.29. The lowest BCUT2D eigenvalue weighted by Crippen LogP contribution is -2.30. The van der Waals surface area contributed by atoms with E-state index in [0.717, 1.165) is 24.3 Å². The molecular formula is C11H10F3NO4. The van der Waals surface area contributed by atoms with Crippen LogP contribution in [0.2, 0.25) is 0 Å². The molecule has 1 atom stereocenters. The fourth-order valence-corrected chi connectivity index (χ4v) is 1.47. The number of halogens is 3. The summed E-state index contributed by atoms with van der Waals surface area (Å²) >= 11 is 0. The van der Waals surface area contributed by atoms with Crippen LogP contribution < -0.4 is 0 Å². The average Bonchev–Trinajstić information content (AvgIpc) is 2.28. The van der Waals surface area contributed by atoms with Gasteiger partial charge in [-0.05, 0) is 12.5 Å². The van der Waals surface area contributed by atoms with Crippen LogP contribution in [0, 0.1) is 10.1 Å². The zero-order valence-corrected chi connectivity index (χ0v) is 9.81. The first-order valence-electron chi connectivity index (χ1n) is 5.25. The second-order valence-electron chi connectivity index (χ2n) is 3.58. The Balaban J connectivity index is 3.11. The molecule has 0 heterocycles. The number of hydrogen-bond acceptors (Lipinski definition) is 4. The number of carbonyl (C=O) groups is 1. The Bertz CT molecular complexity index is 470. The summed E-state index contributed by atoms with van der Waals surface area (Å²) in [5, 5.41) is 10.4.